The number of hydrogen-bond donors (Lipinski definition) is 2. The van der Waals surface area contributed by atoms with Gasteiger partial charge in [-0.25, -0.2) is 0 Å². The molecule has 0 radical (unpaired) electrons. The monoisotopic (exact) mass is 280 g/mol. The fraction of sp³-hybridized carbons (Fsp3) is 0.533. The van der Waals surface area contributed by atoms with Crippen LogP contribution in [0.15, 0.2) is 18.2 Å². The van der Waals surface area contributed by atoms with Crippen LogP contribution in [-0.4, -0.2) is 31.8 Å². The number of ether oxygens (including phenoxy) is 2. The average molecular weight is 280 g/mol. The molecule has 1 aromatic carbocycles. The summed E-state index contributed by atoms with van der Waals surface area (Å²) in [5.41, 5.74) is 7.23. The van der Waals surface area contributed by atoms with Gasteiger partial charge in [-0.3, -0.25) is 4.79 Å². The first-order valence-corrected chi connectivity index (χ1v) is 6.76. The molecule has 0 aliphatic carbocycles. The van der Waals surface area contributed by atoms with E-state index < -0.39 is 0 Å². The summed E-state index contributed by atoms with van der Waals surface area (Å²) in [5, 5.41) is 2.86. The van der Waals surface area contributed by atoms with E-state index in [1.807, 2.05) is 39.0 Å². The number of anilines is 1. The minimum atomic E-state index is -0.251. The molecule has 5 heteroatoms. The molecule has 3 N–H and O–H groups in total. The van der Waals surface area contributed by atoms with Gasteiger partial charge in [0.2, 0.25) is 5.91 Å². The molecule has 1 atom stereocenters. The topological polar surface area (TPSA) is 73.6 Å². The summed E-state index contributed by atoms with van der Waals surface area (Å²) in [5.74, 6) is 0.690. The Hall–Kier alpha value is -1.59. The van der Waals surface area contributed by atoms with Crippen LogP contribution in [0.1, 0.15) is 25.8 Å². The molecule has 0 saturated carbocycles. The molecular weight excluding hydrogens is 256 g/mol. The Morgan fingerprint density at radius 2 is 2.10 bits per heavy atom. The summed E-state index contributed by atoms with van der Waals surface area (Å²) >= 11 is 0. The predicted molar refractivity (Wildman–Crippen MR) is 80.0 cm³/mol. The SMILES string of the molecule is COC(CN)CC(=O)Nc1ccc(OC(C)C)cc1C. The van der Waals surface area contributed by atoms with Crippen molar-refractivity contribution in [2.45, 2.75) is 39.4 Å². The lowest BCUT2D eigenvalue weighted by molar-refractivity contribution is -0.118. The fourth-order valence-electron chi connectivity index (χ4n) is 1.79. The molecule has 1 unspecified atom stereocenters. The fourth-order valence-corrected chi connectivity index (χ4v) is 1.79. The zero-order valence-corrected chi connectivity index (χ0v) is 12.6. The van der Waals surface area contributed by atoms with Crippen molar-refractivity contribution in [3.8, 4) is 5.75 Å². The summed E-state index contributed by atoms with van der Waals surface area (Å²) in [6, 6.07) is 5.60. The van der Waals surface area contributed by atoms with E-state index in [0.717, 1.165) is 17.0 Å². The van der Waals surface area contributed by atoms with Crippen molar-refractivity contribution in [3.63, 3.8) is 0 Å². The van der Waals surface area contributed by atoms with E-state index in [2.05, 4.69) is 5.32 Å². The molecule has 0 spiro atoms. The van der Waals surface area contributed by atoms with Gasteiger partial charge in [0, 0.05) is 19.3 Å². The molecule has 5 nitrogen and oxygen atoms in total. The number of nitrogens with one attached hydrogen (secondary N) is 1. The zero-order chi connectivity index (χ0) is 15.1. The van der Waals surface area contributed by atoms with Gasteiger partial charge in [0.1, 0.15) is 5.75 Å². The third-order valence-corrected chi connectivity index (χ3v) is 2.85. The predicted octanol–water partition coefficient (Wildman–Crippen LogP) is 2.08. The van der Waals surface area contributed by atoms with Gasteiger partial charge in [0.05, 0.1) is 18.6 Å². The van der Waals surface area contributed by atoms with Crippen molar-refractivity contribution in [1.82, 2.24) is 0 Å². The molecule has 112 valence electrons. The normalized spacial score (nSPS) is 12.3. The van der Waals surface area contributed by atoms with Crippen LogP contribution >= 0.6 is 0 Å². The molecule has 0 aliphatic heterocycles. The second kappa shape index (κ2) is 7.87. The van der Waals surface area contributed by atoms with Gasteiger partial charge in [-0.15, -0.1) is 0 Å². The largest absolute Gasteiger partial charge is 0.491 e. The quantitative estimate of drug-likeness (QED) is 0.802. The van der Waals surface area contributed by atoms with Crippen molar-refractivity contribution in [2.75, 3.05) is 19.0 Å². The van der Waals surface area contributed by atoms with Crippen LogP contribution in [0.25, 0.3) is 0 Å². The summed E-state index contributed by atoms with van der Waals surface area (Å²) in [4.78, 5) is 11.9. The number of aryl methyl sites for hydroxylation is 1. The van der Waals surface area contributed by atoms with Crippen LogP contribution in [0, 0.1) is 6.92 Å². The lowest BCUT2D eigenvalue weighted by atomic mass is 10.1. The highest BCUT2D eigenvalue weighted by molar-refractivity contribution is 5.91. The molecule has 0 aromatic heterocycles. The third-order valence-electron chi connectivity index (χ3n) is 2.85. The summed E-state index contributed by atoms with van der Waals surface area (Å²) in [6.07, 6.45) is 0.122. The van der Waals surface area contributed by atoms with Crippen molar-refractivity contribution in [3.05, 3.63) is 23.8 Å². The van der Waals surface area contributed by atoms with Crippen molar-refractivity contribution in [1.29, 1.82) is 0 Å². The van der Waals surface area contributed by atoms with Crippen LogP contribution < -0.4 is 15.8 Å². The Morgan fingerprint density at radius 3 is 2.60 bits per heavy atom. The van der Waals surface area contributed by atoms with Gasteiger partial charge < -0.3 is 20.5 Å². The maximum Gasteiger partial charge on any atom is 0.227 e. The van der Waals surface area contributed by atoms with Gasteiger partial charge in [-0.1, -0.05) is 0 Å². The van der Waals surface area contributed by atoms with E-state index in [1.165, 1.54) is 0 Å². The molecule has 1 rings (SSSR count). The maximum absolute atomic E-state index is 11.9. The zero-order valence-electron chi connectivity index (χ0n) is 12.6. The number of hydrogen-bond acceptors (Lipinski definition) is 4. The van der Waals surface area contributed by atoms with E-state index in [1.54, 1.807) is 7.11 Å². The van der Waals surface area contributed by atoms with Gasteiger partial charge in [0.25, 0.3) is 0 Å². The minimum Gasteiger partial charge on any atom is -0.491 e. The molecule has 0 aliphatic rings. The van der Waals surface area contributed by atoms with Crippen LogP contribution in [0.4, 0.5) is 5.69 Å². The third kappa shape index (κ3) is 5.19. The van der Waals surface area contributed by atoms with Crippen molar-refractivity contribution >= 4 is 11.6 Å². The number of methoxy groups -OCH3 is 1. The van der Waals surface area contributed by atoms with E-state index in [9.17, 15) is 4.79 Å². The molecule has 0 heterocycles. The Bertz CT molecular complexity index is 443. The number of rotatable bonds is 7. The number of amides is 1. The Kier molecular flexibility index (Phi) is 6.48. The molecule has 0 fully saturated rings. The van der Waals surface area contributed by atoms with E-state index >= 15 is 0 Å². The first-order valence-electron chi connectivity index (χ1n) is 6.76. The van der Waals surface area contributed by atoms with Crippen LogP contribution in [0.5, 0.6) is 5.75 Å². The van der Waals surface area contributed by atoms with Crippen LogP contribution in [-0.2, 0) is 9.53 Å². The van der Waals surface area contributed by atoms with E-state index in [0.29, 0.717) is 6.54 Å². The first kappa shape index (κ1) is 16.5. The van der Waals surface area contributed by atoms with E-state index in [-0.39, 0.29) is 24.5 Å². The molecule has 0 bridgehead atoms. The summed E-state index contributed by atoms with van der Waals surface area (Å²) < 4.78 is 10.7. The lowest BCUT2D eigenvalue weighted by Crippen LogP contribution is -2.28. The Morgan fingerprint density at radius 1 is 1.40 bits per heavy atom. The number of carbonyl (C=O) groups excluding carboxylic acids is 1. The molecule has 20 heavy (non-hydrogen) atoms. The Balaban J connectivity index is 2.66. The van der Waals surface area contributed by atoms with E-state index in [4.69, 9.17) is 15.2 Å². The molecule has 1 aromatic rings. The highest BCUT2D eigenvalue weighted by atomic mass is 16.5. The standard InChI is InChI=1S/C15H24N2O3/c1-10(2)20-12-5-6-14(11(3)7-12)17-15(18)8-13(9-16)19-4/h5-7,10,13H,8-9,16H2,1-4H3,(H,17,18). The summed E-state index contributed by atoms with van der Waals surface area (Å²) in [6.45, 7) is 6.20. The van der Waals surface area contributed by atoms with Gasteiger partial charge in [0.15, 0.2) is 0 Å². The number of benzene rings is 1. The van der Waals surface area contributed by atoms with Gasteiger partial charge >= 0.3 is 0 Å². The lowest BCUT2D eigenvalue weighted by Gasteiger charge is -2.15. The highest BCUT2D eigenvalue weighted by Gasteiger charge is 2.12. The molecular formula is C15H24N2O3. The smallest absolute Gasteiger partial charge is 0.227 e. The minimum absolute atomic E-state index is 0.108. The first-order chi connectivity index (χ1) is 9.46. The molecule has 0 saturated heterocycles. The summed E-state index contributed by atoms with van der Waals surface area (Å²) in [7, 11) is 1.55. The van der Waals surface area contributed by atoms with Crippen molar-refractivity contribution < 1.29 is 14.3 Å². The highest BCUT2D eigenvalue weighted by Crippen LogP contribution is 2.22. The average Bonchev–Trinajstić information content (AvgIpc) is 2.38. The van der Waals surface area contributed by atoms with Gasteiger partial charge in [-0.2, -0.15) is 0 Å². The molecule has 1 amide bonds. The number of carbonyl (C=O) groups is 1. The van der Waals surface area contributed by atoms with Crippen molar-refractivity contribution in [2.24, 2.45) is 5.73 Å². The van der Waals surface area contributed by atoms with Gasteiger partial charge in [-0.05, 0) is 44.5 Å². The second-order valence-electron chi connectivity index (χ2n) is 4.99. The second-order valence-corrected chi connectivity index (χ2v) is 4.99. The Labute approximate surface area is 120 Å². The maximum atomic E-state index is 11.9. The van der Waals surface area contributed by atoms with Crippen LogP contribution in [0.3, 0.4) is 0 Å². The van der Waals surface area contributed by atoms with Crippen LogP contribution in [0.2, 0.25) is 0 Å². The number of nitrogens with two attached hydrogens (primary N) is 1.